The third-order valence-electron chi connectivity index (χ3n) is 6.24. The lowest BCUT2D eigenvalue weighted by molar-refractivity contribution is 0.0839. The van der Waals surface area contributed by atoms with Gasteiger partial charge in [-0.1, -0.05) is 34.9 Å². The molecule has 1 atom stereocenters. The van der Waals surface area contributed by atoms with Crippen LogP contribution < -0.4 is 4.74 Å². The summed E-state index contributed by atoms with van der Waals surface area (Å²) in [6.45, 7) is 11.6. The van der Waals surface area contributed by atoms with Crippen LogP contribution in [-0.2, 0) is 19.3 Å². The molecule has 0 aliphatic carbocycles. The van der Waals surface area contributed by atoms with Crippen molar-refractivity contribution in [3.8, 4) is 28.7 Å². The number of phenolic OH excluding ortho intramolecular Hbond substituents is 4. The number of aromatic hydroxyl groups is 4. The highest BCUT2D eigenvalue weighted by atomic mass is 16.5. The lowest BCUT2D eigenvalue weighted by Crippen LogP contribution is -2.22. The highest BCUT2D eigenvalue weighted by Crippen LogP contribution is 2.49. The number of rotatable bonds is 7. The number of fused-ring (bicyclic) bond motifs is 1. The molecule has 0 unspecified atom stereocenters. The maximum Gasteiger partial charge on any atom is 0.174 e. The summed E-state index contributed by atoms with van der Waals surface area (Å²) in [5, 5.41) is 43.1. The smallest absolute Gasteiger partial charge is 0.174 e. The van der Waals surface area contributed by atoms with Gasteiger partial charge >= 0.3 is 0 Å². The fourth-order valence-corrected chi connectivity index (χ4v) is 4.20. The van der Waals surface area contributed by atoms with Crippen LogP contribution in [-0.4, -0.2) is 26.2 Å². The molecule has 1 heterocycles. The first-order valence-electron chi connectivity index (χ1n) is 12.1. The molecule has 0 amide bonds. The van der Waals surface area contributed by atoms with Crippen LogP contribution in [0.1, 0.15) is 86.7 Å². The summed E-state index contributed by atoms with van der Waals surface area (Å²) in [6, 6.07) is 2.90. The Kier molecular flexibility index (Phi) is 8.18. The van der Waals surface area contributed by atoms with Crippen molar-refractivity contribution in [2.24, 2.45) is 0 Å². The fraction of sp³-hybridized carbons (Fsp3) is 0.367. The van der Waals surface area contributed by atoms with Crippen LogP contribution >= 0.6 is 0 Å². The van der Waals surface area contributed by atoms with Crippen LogP contribution in [0.5, 0.6) is 28.7 Å². The van der Waals surface area contributed by atoms with Crippen molar-refractivity contribution in [2.75, 3.05) is 0 Å². The van der Waals surface area contributed by atoms with Gasteiger partial charge < -0.3 is 25.2 Å². The standard InChI is InChI=1S/C30H36O6/c1-16(2)7-10-19-13-22(24(32)14-23(19)31)26-15-25(33)27-29(35)20(11-8-17(3)4)28(34)21(30(27)36-26)12-9-18(5)6/h7-9,13-14,26,31-32,34-35H,10-12,15H2,1-6H3/t26-/m0/s1. The summed E-state index contributed by atoms with van der Waals surface area (Å²) in [4.78, 5) is 13.4. The molecule has 0 saturated carbocycles. The summed E-state index contributed by atoms with van der Waals surface area (Å²) < 4.78 is 6.25. The topological polar surface area (TPSA) is 107 Å². The van der Waals surface area contributed by atoms with Crippen LogP contribution in [0.4, 0.5) is 0 Å². The molecular weight excluding hydrogens is 456 g/mol. The van der Waals surface area contributed by atoms with E-state index in [0.717, 1.165) is 16.7 Å². The van der Waals surface area contributed by atoms with Gasteiger partial charge in [0.25, 0.3) is 0 Å². The van der Waals surface area contributed by atoms with E-state index in [4.69, 9.17) is 4.74 Å². The molecule has 36 heavy (non-hydrogen) atoms. The molecule has 1 aliphatic heterocycles. The predicted octanol–water partition coefficient (Wildman–Crippen LogP) is 6.74. The Labute approximate surface area is 212 Å². The summed E-state index contributed by atoms with van der Waals surface area (Å²) in [5.74, 6) is -0.816. The van der Waals surface area contributed by atoms with E-state index in [2.05, 4.69) is 0 Å². The SMILES string of the molecule is CC(C)=CCc1cc([C@@H]2CC(=O)c3c(O)c(CC=C(C)C)c(O)c(CC=C(C)C)c3O2)c(O)cc1O. The predicted molar refractivity (Wildman–Crippen MR) is 141 cm³/mol. The van der Waals surface area contributed by atoms with Gasteiger partial charge in [-0.2, -0.15) is 0 Å². The molecule has 0 aromatic heterocycles. The number of phenols is 4. The minimum absolute atomic E-state index is 0.0419. The Morgan fingerprint density at radius 1 is 0.806 bits per heavy atom. The van der Waals surface area contributed by atoms with Crippen LogP contribution in [0.2, 0.25) is 0 Å². The first-order valence-corrected chi connectivity index (χ1v) is 12.1. The molecule has 192 valence electrons. The minimum Gasteiger partial charge on any atom is -0.508 e. The van der Waals surface area contributed by atoms with Gasteiger partial charge in [0.1, 0.15) is 40.4 Å². The van der Waals surface area contributed by atoms with E-state index in [0.29, 0.717) is 35.1 Å². The molecule has 4 N–H and O–H groups in total. The maximum absolute atomic E-state index is 13.4. The van der Waals surface area contributed by atoms with Crippen LogP contribution in [0.25, 0.3) is 0 Å². The maximum atomic E-state index is 13.4. The average molecular weight is 493 g/mol. The van der Waals surface area contributed by atoms with Gasteiger partial charge in [0.15, 0.2) is 5.78 Å². The lowest BCUT2D eigenvalue weighted by atomic mass is 9.88. The van der Waals surface area contributed by atoms with Gasteiger partial charge in [-0.05, 0) is 72.4 Å². The summed E-state index contributed by atoms with van der Waals surface area (Å²) in [7, 11) is 0. The molecule has 6 heteroatoms. The van der Waals surface area contributed by atoms with Crippen molar-refractivity contribution < 1.29 is 30.0 Å². The van der Waals surface area contributed by atoms with Crippen LogP contribution in [0.3, 0.4) is 0 Å². The van der Waals surface area contributed by atoms with E-state index in [9.17, 15) is 25.2 Å². The first kappa shape index (κ1) is 26.9. The van der Waals surface area contributed by atoms with E-state index in [-0.39, 0.29) is 52.9 Å². The van der Waals surface area contributed by atoms with Gasteiger partial charge in [0.2, 0.25) is 0 Å². The van der Waals surface area contributed by atoms with E-state index in [1.807, 2.05) is 59.8 Å². The molecule has 2 aromatic rings. The number of ketones is 1. The van der Waals surface area contributed by atoms with Crippen molar-refractivity contribution >= 4 is 5.78 Å². The number of carbonyl (C=O) groups is 1. The third-order valence-corrected chi connectivity index (χ3v) is 6.24. The largest absolute Gasteiger partial charge is 0.508 e. The van der Waals surface area contributed by atoms with Crippen molar-refractivity contribution in [1.82, 2.24) is 0 Å². The molecule has 6 nitrogen and oxygen atoms in total. The number of carbonyl (C=O) groups excluding carboxylic acids is 1. The highest BCUT2D eigenvalue weighted by Gasteiger charge is 2.36. The second kappa shape index (κ2) is 10.9. The number of ether oxygens (including phenoxy) is 1. The average Bonchev–Trinajstić information content (AvgIpc) is 2.77. The summed E-state index contributed by atoms with van der Waals surface area (Å²) >= 11 is 0. The van der Waals surface area contributed by atoms with Crippen molar-refractivity contribution in [3.05, 3.63) is 74.9 Å². The summed E-state index contributed by atoms with van der Waals surface area (Å²) in [5.41, 5.74) is 4.86. The van der Waals surface area contributed by atoms with Crippen molar-refractivity contribution in [3.63, 3.8) is 0 Å². The number of hydrogen-bond acceptors (Lipinski definition) is 6. The molecule has 2 aromatic carbocycles. The molecule has 0 fully saturated rings. The third kappa shape index (κ3) is 5.76. The van der Waals surface area contributed by atoms with Gasteiger partial charge in [-0.3, -0.25) is 4.79 Å². The van der Waals surface area contributed by atoms with Gasteiger partial charge in [-0.25, -0.2) is 0 Å². The Morgan fingerprint density at radius 3 is 1.94 bits per heavy atom. The zero-order chi connectivity index (χ0) is 26.7. The Balaban J connectivity index is 2.16. The molecule has 0 saturated heterocycles. The van der Waals surface area contributed by atoms with Gasteiger partial charge in [0.05, 0.1) is 6.42 Å². The van der Waals surface area contributed by atoms with Crippen molar-refractivity contribution in [1.29, 1.82) is 0 Å². The quantitative estimate of drug-likeness (QED) is 0.319. The van der Waals surface area contributed by atoms with Gasteiger partial charge in [-0.15, -0.1) is 0 Å². The minimum atomic E-state index is -0.844. The number of allylic oxidation sites excluding steroid dienone is 6. The Morgan fingerprint density at radius 2 is 1.36 bits per heavy atom. The van der Waals surface area contributed by atoms with Crippen molar-refractivity contribution in [2.45, 2.75) is 73.3 Å². The molecule has 0 bridgehead atoms. The molecule has 3 rings (SSSR count). The normalized spacial score (nSPS) is 14.5. The number of hydrogen-bond donors (Lipinski definition) is 4. The molecule has 0 radical (unpaired) electrons. The summed E-state index contributed by atoms with van der Waals surface area (Å²) in [6.07, 6.45) is 5.86. The van der Waals surface area contributed by atoms with E-state index < -0.39 is 6.10 Å². The van der Waals surface area contributed by atoms with E-state index >= 15 is 0 Å². The fourth-order valence-electron chi connectivity index (χ4n) is 4.20. The van der Waals surface area contributed by atoms with Crippen LogP contribution in [0, 0.1) is 0 Å². The zero-order valence-electron chi connectivity index (χ0n) is 21.9. The molecule has 1 aliphatic rings. The van der Waals surface area contributed by atoms with E-state index in [1.54, 1.807) is 6.07 Å². The zero-order valence-corrected chi connectivity index (χ0v) is 21.9. The number of Topliss-reactive ketones (excluding diaryl/α,β-unsaturated/α-hetero) is 1. The van der Waals surface area contributed by atoms with E-state index in [1.165, 1.54) is 6.07 Å². The van der Waals surface area contributed by atoms with Gasteiger partial charge in [0, 0.05) is 22.8 Å². The van der Waals surface area contributed by atoms with Crippen LogP contribution in [0.15, 0.2) is 47.1 Å². The second-order valence-electron chi connectivity index (χ2n) is 10.1. The Bertz CT molecular complexity index is 1270. The molecule has 0 spiro atoms. The molecular formula is C30H36O6. The number of benzene rings is 2. The highest BCUT2D eigenvalue weighted by molar-refractivity contribution is 6.04. The first-order chi connectivity index (χ1) is 16.9. The second-order valence-corrected chi connectivity index (χ2v) is 10.1. The lowest BCUT2D eigenvalue weighted by Gasteiger charge is -2.30. The monoisotopic (exact) mass is 492 g/mol. The Hall–Kier alpha value is -3.67.